The van der Waals surface area contributed by atoms with Crippen LogP contribution in [0.4, 0.5) is 0 Å². The van der Waals surface area contributed by atoms with Crippen LogP contribution in [0, 0.1) is 0 Å². The molecule has 0 aromatic carbocycles. The van der Waals surface area contributed by atoms with Crippen molar-refractivity contribution in [1.82, 2.24) is 0 Å². The van der Waals surface area contributed by atoms with Crippen molar-refractivity contribution in [3.05, 3.63) is 37.5 Å². The molecule has 0 saturated carbocycles. The monoisotopic (exact) mass is 124 g/mol. The predicted octanol–water partition coefficient (Wildman–Crippen LogP) is 3.33. The van der Waals surface area contributed by atoms with Crippen molar-refractivity contribution in [2.24, 2.45) is 0 Å². The molecule has 52 valence electrons. The molecule has 1 rings (SSSR count). The highest BCUT2D eigenvalue weighted by molar-refractivity contribution is 5.11. The third kappa shape index (κ3) is 11.0. The topological polar surface area (TPSA) is 0 Å². The summed E-state index contributed by atoms with van der Waals surface area (Å²) in [7, 11) is 0. The summed E-state index contributed by atoms with van der Waals surface area (Å²) in [6.07, 6.45) is 9.50. The number of hydrogen-bond donors (Lipinski definition) is 0. The van der Waals surface area contributed by atoms with Crippen LogP contribution in [0.15, 0.2) is 37.5 Å². The van der Waals surface area contributed by atoms with Crippen molar-refractivity contribution in [3.8, 4) is 0 Å². The number of hydrogen-bond acceptors (Lipinski definition) is 0. The largest absolute Gasteiger partial charge is 0.106 e. The zero-order valence-electron chi connectivity index (χ0n) is 6.43. The third-order valence-electron chi connectivity index (χ3n) is 0.655. The second kappa shape index (κ2) is 15.7. The minimum atomic E-state index is 1.14. The molecule has 1 aliphatic rings. The Morgan fingerprint density at radius 2 is 1.33 bits per heavy atom. The Labute approximate surface area is 58.6 Å². The highest BCUT2D eigenvalue weighted by atomic mass is 13.8. The van der Waals surface area contributed by atoms with E-state index >= 15 is 0 Å². The van der Waals surface area contributed by atoms with Crippen LogP contribution in [0.3, 0.4) is 0 Å². The summed E-state index contributed by atoms with van der Waals surface area (Å²) >= 11 is 0. The molecule has 0 aromatic rings. The molecule has 0 fully saturated rings. The van der Waals surface area contributed by atoms with Gasteiger partial charge in [0.2, 0.25) is 0 Å². The number of allylic oxidation sites excluding steroid dienone is 4. The van der Waals surface area contributed by atoms with Crippen LogP contribution in [0.1, 0.15) is 20.3 Å². The van der Waals surface area contributed by atoms with E-state index in [4.69, 9.17) is 0 Å². The van der Waals surface area contributed by atoms with Gasteiger partial charge in [0.15, 0.2) is 0 Å². The van der Waals surface area contributed by atoms with Crippen molar-refractivity contribution in [2.75, 3.05) is 0 Å². The third-order valence-corrected chi connectivity index (χ3v) is 0.655. The van der Waals surface area contributed by atoms with Crippen molar-refractivity contribution >= 4 is 0 Å². The first kappa shape index (κ1) is 11.1. The van der Waals surface area contributed by atoms with Crippen LogP contribution < -0.4 is 0 Å². The summed E-state index contributed by atoms with van der Waals surface area (Å²) < 4.78 is 0. The SMILES string of the molecule is C1=CCC=C1.C=C.CC. The standard InChI is InChI=1S/C5H6.C2H6.C2H4/c1-2-4-5-3-1;2*1-2/h1-4H,5H2;1-2H3;1-2H2. The molecule has 0 aliphatic heterocycles. The Bertz CT molecular complexity index is 68.0. The van der Waals surface area contributed by atoms with E-state index in [1.54, 1.807) is 0 Å². The zero-order chi connectivity index (χ0) is 7.54. The molecule has 0 bridgehead atoms. The van der Waals surface area contributed by atoms with E-state index in [2.05, 4.69) is 37.5 Å². The second-order valence-corrected chi connectivity index (χ2v) is 1.09. The van der Waals surface area contributed by atoms with Crippen LogP contribution >= 0.6 is 0 Å². The average molecular weight is 124 g/mol. The molecule has 0 aromatic heterocycles. The molecule has 0 heterocycles. The first-order valence-electron chi connectivity index (χ1n) is 3.32. The van der Waals surface area contributed by atoms with Crippen molar-refractivity contribution in [3.63, 3.8) is 0 Å². The summed E-state index contributed by atoms with van der Waals surface area (Å²) in [6, 6.07) is 0. The Kier molecular flexibility index (Phi) is 19.3. The lowest BCUT2D eigenvalue weighted by Gasteiger charge is -1.57. The predicted molar refractivity (Wildman–Crippen MR) is 45.5 cm³/mol. The second-order valence-electron chi connectivity index (χ2n) is 1.09. The Balaban J connectivity index is 0. The molecule has 0 unspecified atom stereocenters. The fraction of sp³-hybridized carbons (Fsp3) is 0.333. The highest BCUT2D eigenvalue weighted by Crippen LogP contribution is 1.93. The minimum Gasteiger partial charge on any atom is -0.106 e. The summed E-state index contributed by atoms with van der Waals surface area (Å²) in [5.41, 5.74) is 0. The molecule has 0 radical (unpaired) electrons. The van der Waals surface area contributed by atoms with Gasteiger partial charge in [-0.05, 0) is 6.42 Å². The van der Waals surface area contributed by atoms with Gasteiger partial charge in [0.1, 0.15) is 0 Å². The lowest BCUT2D eigenvalue weighted by atomic mass is 10.5. The molecule has 1 aliphatic carbocycles. The molecular weight excluding hydrogens is 108 g/mol. The van der Waals surface area contributed by atoms with Gasteiger partial charge < -0.3 is 0 Å². The van der Waals surface area contributed by atoms with Gasteiger partial charge >= 0.3 is 0 Å². The van der Waals surface area contributed by atoms with Gasteiger partial charge in [-0.25, -0.2) is 0 Å². The number of rotatable bonds is 0. The summed E-state index contributed by atoms with van der Waals surface area (Å²) in [5.74, 6) is 0. The summed E-state index contributed by atoms with van der Waals surface area (Å²) in [5, 5.41) is 0. The van der Waals surface area contributed by atoms with E-state index in [1.165, 1.54) is 0 Å². The van der Waals surface area contributed by atoms with Crippen molar-refractivity contribution in [2.45, 2.75) is 20.3 Å². The van der Waals surface area contributed by atoms with E-state index in [0.717, 1.165) is 6.42 Å². The highest BCUT2D eigenvalue weighted by Gasteiger charge is 1.72. The lowest BCUT2D eigenvalue weighted by Crippen LogP contribution is -1.37. The van der Waals surface area contributed by atoms with Crippen LogP contribution in [0.25, 0.3) is 0 Å². The minimum absolute atomic E-state index is 1.14. The molecule has 0 atom stereocenters. The van der Waals surface area contributed by atoms with Gasteiger partial charge in [0, 0.05) is 0 Å². The Morgan fingerprint density at radius 1 is 1.00 bits per heavy atom. The van der Waals surface area contributed by atoms with Crippen LogP contribution in [0.5, 0.6) is 0 Å². The van der Waals surface area contributed by atoms with E-state index in [1.807, 2.05) is 13.8 Å². The van der Waals surface area contributed by atoms with E-state index in [9.17, 15) is 0 Å². The molecule has 9 heavy (non-hydrogen) atoms. The molecule has 0 saturated heterocycles. The van der Waals surface area contributed by atoms with Crippen LogP contribution in [-0.4, -0.2) is 0 Å². The van der Waals surface area contributed by atoms with Gasteiger partial charge in [0.25, 0.3) is 0 Å². The lowest BCUT2D eigenvalue weighted by molar-refractivity contribution is 1.45. The zero-order valence-corrected chi connectivity index (χ0v) is 6.43. The van der Waals surface area contributed by atoms with Crippen molar-refractivity contribution in [1.29, 1.82) is 0 Å². The van der Waals surface area contributed by atoms with Gasteiger partial charge in [0.05, 0.1) is 0 Å². The first-order valence-corrected chi connectivity index (χ1v) is 3.32. The molecular formula is C9H16. The first-order chi connectivity index (χ1) is 4.50. The van der Waals surface area contributed by atoms with Crippen molar-refractivity contribution < 1.29 is 0 Å². The molecule has 0 nitrogen and oxygen atoms in total. The maximum Gasteiger partial charge on any atom is -0.0163 e. The van der Waals surface area contributed by atoms with Gasteiger partial charge in [-0.15, -0.1) is 13.2 Å². The van der Waals surface area contributed by atoms with E-state index < -0.39 is 0 Å². The van der Waals surface area contributed by atoms with Crippen LogP contribution in [-0.2, 0) is 0 Å². The smallest absolute Gasteiger partial charge is 0.0163 e. The van der Waals surface area contributed by atoms with Gasteiger partial charge in [-0.3, -0.25) is 0 Å². The van der Waals surface area contributed by atoms with E-state index in [-0.39, 0.29) is 0 Å². The molecule has 0 heteroatoms. The normalized spacial score (nSPS) is 10.9. The summed E-state index contributed by atoms with van der Waals surface area (Å²) in [6.45, 7) is 10.0. The van der Waals surface area contributed by atoms with Gasteiger partial charge in [-0.2, -0.15) is 0 Å². The fourth-order valence-corrected chi connectivity index (χ4v) is 0.393. The molecule has 0 spiro atoms. The molecule has 0 N–H and O–H groups in total. The van der Waals surface area contributed by atoms with Crippen LogP contribution in [0.2, 0.25) is 0 Å². The maximum absolute atomic E-state index is 3.00. The quantitative estimate of drug-likeness (QED) is 0.434. The van der Waals surface area contributed by atoms with Gasteiger partial charge in [-0.1, -0.05) is 38.2 Å². The Morgan fingerprint density at radius 3 is 1.44 bits per heavy atom. The fourth-order valence-electron chi connectivity index (χ4n) is 0.393. The maximum atomic E-state index is 3.00. The molecule has 0 amide bonds. The summed E-state index contributed by atoms with van der Waals surface area (Å²) in [4.78, 5) is 0. The Hall–Kier alpha value is -0.780. The average Bonchev–Trinajstić information content (AvgIpc) is 2.51. The van der Waals surface area contributed by atoms with E-state index in [0.29, 0.717) is 0 Å².